The van der Waals surface area contributed by atoms with Crippen LogP contribution in [0.4, 0.5) is 0 Å². The Morgan fingerprint density at radius 1 is 0.608 bits per heavy atom. The lowest BCUT2D eigenvalue weighted by atomic mass is 10.1. The third kappa shape index (κ3) is 38.5. The van der Waals surface area contributed by atoms with Crippen molar-refractivity contribution in [1.29, 1.82) is 0 Å². The Morgan fingerprint density at radius 2 is 1.14 bits per heavy atom. The summed E-state index contributed by atoms with van der Waals surface area (Å²) in [6.07, 6.45) is 42.2. The number of allylic oxidation sites excluding steroid dienone is 10. The monoisotopic (exact) mass is 736 g/mol. The number of carbonyl (C=O) groups excluding carboxylic acids is 2. The van der Waals surface area contributed by atoms with Gasteiger partial charge in [0.15, 0.2) is 6.10 Å². The smallest absolute Gasteiger partial charge is 0.462 e. The maximum Gasteiger partial charge on any atom is 0.469 e. The number of phosphoric acid groups is 1. The molecule has 10 heteroatoms. The second-order valence-corrected chi connectivity index (χ2v) is 14.0. The SMILES string of the molecule is CCCCC/C=C\C/C=C\CCCCCCCC(=O)O[C@H](COC(=O)CCC/C=C/C=C\C(O)C/C=C\C/C=C\CCCCC)COP(=O)(O)O. The average molecular weight is 737 g/mol. The second-order valence-electron chi connectivity index (χ2n) is 12.7. The van der Waals surface area contributed by atoms with Gasteiger partial charge in [0.1, 0.15) is 6.61 Å². The van der Waals surface area contributed by atoms with E-state index >= 15 is 0 Å². The molecule has 0 rings (SSSR count). The lowest BCUT2D eigenvalue weighted by Gasteiger charge is -2.18. The first kappa shape index (κ1) is 48.5. The summed E-state index contributed by atoms with van der Waals surface area (Å²) in [5, 5.41) is 10.1. The molecule has 0 fully saturated rings. The number of aliphatic hydroxyl groups is 1. The molecule has 0 radical (unpaired) electrons. The van der Waals surface area contributed by atoms with Crippen molar-refractivity contribution in [2.24, 2.45) is 0 Å². The van der Waals surface area contributed by atoms with Crippen LogP contribution in [0, 0.1) is 0 Å². The van der Waals surface area contributed by atoms with Gasteiger partial charge in [-0.3, -0.25) is 14.1 Å². The number of phosphoric ester groups is 1. The number of rotatable bonds is 34. The highest BCUT2D eigenvalue weighted by Crippen LogP contribution is 2.36. The Labute approximate surface area is 309 Å². The molecule has 0 heterocycles. The van der Waals surface area contributed by atoms with Crippen LogP contribution in [0.15, 0.2) is 72.9 Å². The summed E-state index contributed by atoms with van der Waals surface area (Å²) >= 11 is 0. The summed E-state index contributed by atoms with van der Waals surface area (Å²) in [6, 6.07) is 0. The quantitative estimate of drug-likeness (QED) is 0.0194. The van der Waals surface area contributed by atoms with E-state index < -0.39 is 38.6 Å². The minimum absolute atomic E-state index is 0.126. The summed E-state index contributed by atoms with van der Waals surface area (Å²) < 4.78 is 26.2. The number of hydrogen-bond acceptors (Lipinski definition) is 7. The number of esters is 2. The molecule has 292 valence electrons. The number of hydrogen-bond donors (Lipinski definition) is 3. The van der Waals surface area contributed by atoms with Crippen molar-refractivity contribution in [3.63, 3.8) is 0 Å². The molecule has 0 aromatic rings. The van der Waals surface area contributed by atoms with E-state index in [1.54, 1.807) is 12.2 Å². The van der Waals surface area contributed by atoms with Crippen LogP contribution in [0.25, 0.3) is 0 Å². The molecule has 51 heavy (non-hydrogen) atoms. The Balaban J connectivity index is 4.19. The lowest BCUT2D eigenvalue weighted by molar-refractivity contribution is -0.161. The van der Waals surface area contributed by atoms with Crippen LogP contribution < -0.4 is 0 Å². The molecule has 0 saturated carbocycles. The molecule has 3 N–H and O–H groups in total. The van der Waals surface area contributed by atoms with Gasteiger partial charge in [-0.25, -0.2) is 4.57 Å². The molecule has 0 aromatic heterocycles. The predicted octanol–water partition coefficient (Wildman–Crippen LogP) is 10.5. The van der Waals surface area contributed by atoms with Crippen molar-refractivity contribution < 1.29 is 43.0 Å². The third-order valence-corrected chi connectivity index (χ3v) is 8.26. The van der Waals surface area contributed by atoms with Crippen molar-refractivity contribution in [3.8, 4) is 0 Å². The molecule has 0 bridgehead atoms. The van der Waals surface area contributed by atoms with E-state index in [4.69, 9.17) is 19.3 Å². The van der Waals surface area contributed by atoms with E-state index in [0.29, 0.717) is 25.7 Å². The zero-order valence-corrected chi connectivity index (χ0v) is 32.5. The fraction of sp³-hybridized carbons (Fsp3) is 0.659. The fourth-order valence-electron chi connectivity index (χ4n) is 4.83. The molecule has 0 saturated heterocycles. The van der Waals surface area contributed by atoms with Crippen molar-refractivity contribution in [3.05, 3.63) is 72.9 Å². The summed E-state index contributed by atoms with van der Waals surface area (Å²) in [6.45, 7) is 3.47. The van der Waals surface area contributed by atoms with Crippen molar-refractivity contribution in [2.75, 3.05) is 13.2 Å². The molecule has 2 atom stereocenters. The molecular formula is C41H69O9P. The van der Waals surface area contributed by atoms with Gasteiger partial charge < -0.3 is 24.4 Å². The molecule has 0 amide bonds. The molecule has 0 aromatic carbocycles. The van der Waals surface area contributed by atoms with Crippen molar-refractivity contribution in [2.45, 2.75) is 161 Å². The zero-order valence-electron chi connectivity index (χ0n) is 31.6. The minimum Gasteiger partial charge on any atom is -0.462 e. The molecule has 0 aliphatic rings. The highest BCUT2D eigenvalue weighted by molar-refractivity contribution is 7.46. The van der Waals surface area contributed by atoms with Gasteiger partial charge in [0.05, 0.1) is 12.7 Å². The minimum atomic E-state index is -4.79. The Kier molecular flexibility index (Phi) is 34.0. The number of unbranched alkanes of at least 4 members (excludes halogenated alkanes) is 12. The fourth-order valence-corrected chi connectivity index (χ4v) is 5.19. The van der Waals surface area contributed by atoms with E-state index in [9.17, 15) is 19.3 Å². The Hall–Kier alpha value is -2.55. The van der Waals surface area contributed by atoms with Crippen LogP contribution in [0.5, 0.6) is 0 Å². The Bertz CT molecular complexity index is 1070. The van der Waals surface area contributed by atoms with Gasteiger partial charge in [0.2, 0.25) is 0 Å². The maximum atomic E-state index is 12.4. The first-order valence-corrected chi connectivity index (χ1v) is 20.9. The number of aliphatic hydroxyl groups excluding tert-OH is 1. The van der Waals surface area contributed by atoms with Gasteiger partial charge in [-0.1, -0.05) is 132 Å². The first-order valence-electron chi connectivity index (χ1n) is 19.3. The van der Waals surface area contributed by atoms with Gasteiger partial charge in [-0.15, -0.1) is 0 Å². The maximum absolute atomic E-state index is 12.4. The van der Waals surface area contributed by atoms with Crippen LogP contribution >= 0.6 is 7.82 Å². The highest BCUT2D eigenvalue weighted by atomic mass is 31.2. The van der Waals surface area contributed by atoms with Crippen LogP contribution in [-0.2, 0) is 28.2 Å². The largest absolute Gasteiger partial charge is 0.469 e. The predicted molar refractivity (Wildman–Crippen MR) is 208 cm³/mol. The van der Waals surface area contributed by atoms with Crippen molar-refractivity contribution in [1.82, 2.24) is 0 Å². The van der Waals surface area contributed by atoms with Gasteiger partial charge in [-0.05, 0) is 77.0 Å². The highest BCUT2D eigenvalue weighted by Gasteiger charge is 2.22. The van der Waals surface area contributed by atoms with Gasteiger partial charge >= 0.3 is 19.8 Å². The Morgan fingerprint density at radius 3 is 1.75 bits per heavy atom. The van der Waals surface area contributed by atoms with Gasteiger partial charge in [0, 0.05) is 12.8 Å². The van der Waals surface area contributed by atoms with Crippen LogP contribution in [-0.4, -0.2) is 52.3 Å². The van der Waals surface area contributed by atoms with Crippen LogP contribution in [0.2, 0.25) is 0 Å². The van der Waals surface area contributed by atoms with E-state index in [1.165, 1.54) is 38.5 Å². The molecule has 9 nitrogen and oxygen atoms in total. The number of carbonyl (C=O) groups is 2. The van der Waals surface area contributed by atoms with E-state index in [-0.39, 0.29) is 19.4 Å². The van der Waals surface area contributed by atoms with Crippen molar-refractivity contribution >= 4 is 19.8 Å². The summed E-state index contributed by atoms with van der Waals surface area (Å²) in [7, 11) is -4.79. The number of ether oxygens (including phenoxy) is 2. The summed E-state index contributed by atoms with van der Waals surface area (Å²) in [4.78, 5) is 42.7. The lowest BCUT2D eigenvalue weighted by Crippen LogP contribution is -2.29. The van der Waals surface area contributed by atoms with Gasteiger partial charge in [-0.2, -0.15) is 0 Å². The molecule has 0 aliphatic carbocycles. The normalized spacial score (nSPS) is 13.9. The zero-order chi connectivity index (χ0) is 37.7. The van der Waals surface area contributed by atoms with Gasteiger partial charge in [0.25, 0.3) is 0 Å². The van der Waals surface area contributed by atoms with E-state index in [2.05, 4.69) is 60.9 Å². The average Bonchev–Trinajstić information content (AvgIpc) is 3.09. The van der Waals surface area contributed by atoms with E-state index in [1.807, 2.05) is 18.2 Å². The summed E-state index contributed by atoms with van der Waals surface area (Å²) in [5.41, 5.74) is 0. The standard InChI is InChI=1S/C41H69O9P/c1-3-5-7-9-11-13-14-15-16-17-18-20-22-26-31-35-41(44)50-39(37-49-51(45,46)47)36-48-40(43)34-30-27-23-25-29-33-38(42)32-28-24-21-19-12-10-8-6-4-2/h11-13,15-16,19,23-25,28-29,33,38-39,42H,3-10,14,17-18,20-22,26-27,30-32,34-37H2,1-2H3,(H2,45,46,47)/b13-11-,16-15-,19-12-,25-23+,28-24-,33-29-/t38?,39-/m1/s1. The molecule has 1 unspecified atom stereocenters. The molecule has 0 spiro atoms. The van der Waals surface area contributed by atoms with Crippen LogP contribution in [0.1, 0.15) is 149 Å². The summed E-state index contributed by atoms with van der Waals surface area (Å²) in [5.74, 6) is -1.04. The molecular weight excluding hydrogens is 667 g/mol. The second kappa shape index (κ2) is 35.8. The van der Waals surface area contributed by atoms with Crippen LogP contribution in [0.3, 0.4) is 0 Å². The molecule has 0 aliphatic heterocycles. The third-order valence-electron chi connectivity index (χ3n) is 7.78. The first-order chi connectivity index (χ1) is 24.7. The van der Waals surface area contributed by atoms with E-state index in [0.717, 1.165) is 57.8 Å². The topological polar surface area (TPSA) is 140 Å².